The third kappa shape index (κ3) is 6.07. The number of nitrogens with zero attached hydrogens (tertiary/aromatic N) is 1. The fourth-order valence-electron chi connectivity index (χ4n) is 3.63. The summed E-state index contributed by atoms with van der Waals surface area (Å²) >= 11 is 0. The molecule has 1 aliphatic rings. The Balaban J connectivity index is 1.72. The van der Waals surface area contributed by atoms with Crippen molar-refractivity contribution in [3.63, 3.8) is 0 Å². The summed E-state index contributed by atoms with van der Waals surface area (Å²) in [5, 5.41) is 9.36. The Morgan fingerprint density at radius 1 is 1.13 bits per heavy atom. The number of para-hydroxylation sites is 1. The Labute approximate surface area is 184 Å². The van der Waals surface area contributed by atoms with Crippen LogP contribution in [0.15, 0.2) is 64.5 Å². The van der Waals surface area contributed by atoms with Gasteiger partial charge in [-0.1, -0.05) is 43.3 Å². The third-order valence-electron chi connectivity index (χ3n) is 5.28. The van der Waals surface area contributed by atoms with Crippen LogP contribution >= 0.6 is 0 Å². The van der Waals surface area contributed by atoms with E-state index in [0.29, 0.717) is 36.8 Å². The molecule has 0 fully saturated rings. The molecule has 31 heavy (non-hydrogen) atoms. The smallest absolute Gasteiger partial charge is 0.225 e. The van der Waals surface area contributed by atoms with Crippen LogP contribution in [0.5, 0.6) is 0 Å². The van der Waals surface area contributed by atoms with Gasteiger partial charge in [-0.3, -0.25) is 9.79 Å². The van der Waals surface area contributed by atoms with Gasteiger partial charge in [0.05, 0.1) is 17.2 Å². The fraction of sp³-hybridized carbons (Fsp3) is 0.391. The van der Waals surface area contributed by atoms with Crippen molar-refractivity contribution in [2.75, 3.05) is 24.2 Å². The van der Waals surface area contributed by atoms with Gasteiger partial charge in [0.15, 0.2) is 15.8 Å². The van der Waals surface area contributed by atoms with E-state index in [1.165, 1.54) is 0 Å². The summed E-state index contributed by atoms with van der Waals surface area (Å²) in [6.45, 7) is 4.99. The number of carbonyl (C=O) groups is 1. The van der Waals surface area contributed by atoms with Crippen molar-refractivity contribution >= 4 is 27.4 Å². The first-order chi connectivity index (χ1) is 14.9. The number of benzene rings is 2. The van der Waals surface area contributed by atoms with E-state index in [0.717, 1.165) is 11.3 Å². The summed E-state index contributed by atoms with van der Waals surface area (Å²) in [7, 11) is -3.41. The first-order valence-corrected chi connectivity index (χ1v) is 12.3. The minimum absolute atomic E-state index is 0.0164. The predicted octanol–water partition coefficient (Wildman–Crippen LogP) is 2.92. The minimum Gasteiger partial charge on any atom is -0.357 e. The highest BCUT2D eigenvalue weighted by Gasteiger charge is 2.25. The summed E-state index contributed by atoms with van der Waals surface area (Å²) in [6, 6.07) is 16.0. The Morgan fingerprint density at radius 2 is 1.84 bits per heavy atom. The van der Waals surface area contributed by atoms with Crippen LogP contribution in [0.3, 0.4) is 0 Å². The molecule has 3 N–H and O–H groups in total. The second kappa shape index (κ2) is 10.4. The molecule has 0 saturated heterocycles. The molecule has 1 aliphatic heterocycles. The molecule has 1 heterocycles. The predicted molar refractivity (Wildman–Crippen MR) is 124 cm³/mol. The topological polar surface area (TPSA) is 99.7 Å². The number of amides is 1. The van der Waals surface area contributed by atoms with Gasteiger partial charge in [-0.2, -0.15) is 0 Å². The van der Waals surface area contributed by atoms with E-state index in [4.69, 9.17) is 0 Å². The molecular weight excluding hydrogens is 412 g/mol. The lowest BCUT2D eigenvalue weighted by Crippen LogP contribution is -2.46. The van der Waals surface area contributed by atoms with Gasteiger partial charge in [0, 0.05) is 30.6 Å². The molecule has 8 heteroatoms. The Hall–Kier alpha value is -2.87. The number of carbonyl (C=O) groups excluding carboxylic acids is 1. The van der Waals surface area contributed by atoms with Gasteiger partial charge in [0.25, 0.3) is 0 Å². The van der Waals surface area contributed by atoms with Crippen LogP contribution in [-0.4, -0.2) is 45.2 Å². The van der Waals surface area contributed by atoms with Crippen molar-refractivity contribution in [1.82, 2.24) is 10.6 Å². The van der Waals surface area contributed by atoms with Crippen LogP contribution < -0.4 is 16.0 Å². The minimum atomic E-state index is -3.41. The average Bonchev–Trinajstić information content (AvgIpc) is 2.77. The summed E-state index contributed by atoms with van der Waals surface area (Å²) in [5.41, 5.74) is 1.90. The van der Waals surface area contributed by atoms with Crippen molar-refractivity contribution < 1.29 is 13.2 Å². The zero-order valence-electron chi connectivity index (χ0n) is 18.0. The monoisotopic (exact) mass is 442 g/mol. The molecule has 2 aromatic carbocycles. The zero-order chi connectivity index (χ0) is 22.3. The first kappa shape index (κ1) is 22.8. The molecule has 2 unspecified atom stereocenters. The second-order valence-electron chi connectivity index (χ2n) is 7.60. The van der Waals surface area contributed by atoms with Gasteiger partial charge in [0.1, 0.15) is 0 Å². The number of aliphatic imine (C=N–C) groups is 1. The number of hydrogen-bond acceptors (Lipinski definition) is 4. The van der Waals surface area contributed by atoms with Crippen LogP contribution in [0.1, 0.15) is 38.2 Å². The molecule has 0 saturated carbocycles. The Morgan fingerprint density at radius 3 is 2.55 bits per heavy atom. The fourth-order valence-corrected chi connectivity index (χ4v) is 5.24. The molecule has 7 nitrogen and oxygen atoms in total. The molecule has 1 amide bonds. The van der Waals surface area contributed by atoms with Crippen molar-refractivity contribution in [2.45, 2.75) is 43.5 Å². The second-order valence-corrected chi connectivity index (χ2v) is 9.63. The maximum absolute atomic E-state index is 12.8. The summed E-state index contributed by atoms with van der Waals surface area (Å²) in [4.78, 5) is 17.1. The van der Waals surface area contributed by atoms with E-state index in [2.05, 4.69) is 20.9 Å². The molecular formula is C23H30N4O3S. The van der Waals surface area contributed by atoms with E-state index in [-0.39, 0.29) is 23.6 Å². The largest absolute Gasteiger partial charge is 0.357 e. The lowest BCUT2D eigenvalue weighted by atomic mass is 9.91. The van der Waals surface area contributed by atoms with Crippen LogP contribution in [-0.2, 0) is 14.6 Å². The molecule has 2 atom stereocenters. The van der Waals surface area contributed by atoms with Crippen molar-refractivity contribution in [3.05, 3.63) is 60.2 Å². The van der Waals surface area contributed by atoms with E-state index in [1.54, 1.807) is 30.3 Å². The maximum Gasteiger partial charge on any atom is 0.225 e. The number of rotatable bonds is 8. The van der Waals surface area contributed by atoms with Gasteiger partial charge in [-0.15, -0.1) is 0 Å². The van der Waals surface area contributed by atoms with Crippen molar-refractivity contribution in [2.24, 2.45) is 4.99 Å². The van der Waals surface area contributed by atoms with Crippen LogP contribution in [0, 0.1) is 0 Å². The normalized spacial score (nSPS) is 17.4. The third-order valence-corrected chi connectivity index (χ3v) is 7.11. The van der Waals surface area contributed by atoms with Gasteiger partial charge in [-0.25, -0.2) is 8.42 Å². The number of fused-ring (bicyclic) bond motifs is 1. The average molecular weight is 443 g/mol. The van der Waals surface area contributed by atoms with E-state index >= 15 is 0 Å². The summed E-state index contributed by atoms with van der Waals surface area (Å²) < 4.78 is 25.5. The van der Waals surface area contributed by atoms with Crippen molar-refractivity contribution in [3.8, 4) is 0 Å². The lowest BCUT2D eigenvalue weighted by molar-refractivity contribution is -0.116. The molecule has 0 radical (unpaired) electrons. The highest BCUT2D eigenvalue weighted by atomic mass is 32.2. The molecule has 0 spiro atoms. The standard InChI is InChI=1S/C23H30N4O3S/c1-3-18(16-31(29,30)19-10-6-5-7-11-19)26-23(24-4-2)25-15-17-14-22(28)27-21-13-9-8-12-20(17)21/h5-13,17-18H,3-4,14-16H2,1-2H3,(H,27,28)(H2,24,25,26). The van der Waals surface area contributed by atoms with Gasteiger partial charge >= 0.3 is 0 Å². The Kier molecular flexibility index (Phi) is 7.68. The number of anilines is 1. The molecule has 2 aromatic rings. The zero-order valence-corrected chi connectivity index (χ0v) is 18.8. The molecule has 166 valence electrons. The molecule has 0 aromatic heterocycles. The SMILES string of the molecule is CCNC(=NCC1CC(=O)Nc2ccccc21)NC(CC)CS(=O)(=O)c1ccccc1. The van der Waals surface area contributed by atoms with Crippen molar-refractivity contribution in [1.29, 1.82) is 0 Å². The molecule has 0 bridgehead atoms. The van der Waals surface area contributed by atoms with Gasteiger partial charge < -0.3 is 16.0 Å². The molecule has 0 aliphatic carbocycles. The number of sulfone groups is 1. The number of nitrogens with one attached hydrogen (secondary N) is 3. The number of guanidine groups is 1. The van der Waals surface area contributed by atoms with E-state index in [9.17, 15) is 13.2 Å². The van der Waals surface area contributed by atoms with Crippen LogP contribution in [0.4, 0.5) is 5.69 Å². The van der Waals surface area contributed by atoms with E-state index < -0.39 is 9.84 Å². The Bertz CT molecular complexity index is 1020. The summed E-state index contributed by atoms with van der Waals surface area (Å²) in [5.74, 6) is 0.499. The van der Waals surface area contributed by atoms with E-state index in [1.807, 2.05) is 38.1 Å². The lowest BCUT2D eigenvalue weighted by Gasteiger charge is -2.25. The highest BCUT2D eigenvalue weighted by molar-refractivity contribution is 7.91. The maximum atomic E-state index is 12.8. The van der Waals surface area contributed by atoms with Crippen LogP contribution in [0.2, 0.25) is 0 Å². The summed E-state index contributed by atoms with van der Waals surface area (Å²) in [6.07, 6.45) is 1.00. The van der Waals surface area contributed by atoms with Gasteiger partial charge in [0.2, 0.25) is 5.91 Å². The number of hydrogen-bond donors (Lipinski definition) is 3. The molecule has 3 rings (SSSR count). The van der Waals surface area contributed by atoms with Crippen LogP contribution in [0.25, 0.3) is 0 Å². The highest BCUT2D eigenvalue weighted by Crippen LogP contribution is 2.32. The quantitative estimate of drug-likeness (QED) is 0.431. The first-order valence-electron chi connectivity index (χ1n) is 10.6. The van der Waals surface area contributed by atoms with Gasteiger partial charge in [-0.05, 0) is 37.1 Å².